The van der Waals surface area contributed by atoms with Gasteiger partial charge >= 0.3 is 0 Å². The van der Waals surface area contributed by atoms with Gasteiger partial charge in [0.2, 0.25) is 5.91 Å². The Hall–Kier alpha value is -2.21. The zero-order valence-electron chi connectivity index (χ0n) is 14.9. The van der Waals surface area contributed by atoms with Crippen LogP contribution in [0.1, 0.15) is 29.7 Å². The summed E-state index contributed by atoms with van der Waals surface area (Å²) in [4.78, 5) is 20.6. The Kier molecular flexibility index (Phi) is 5.48. The van der Waals surface area contributed by atoms with E-state index in [2.05, 4.69) is 21.5 Å². The first-order chi connectivity index (χ1) is 12.1. The van der Waals surface area contributed by atoms with Crippen LogP contribution in [0, 0.1) is 13.8 Å². The Morgan fingerprint density at radius 3 is 2.64 bits per heavy atom. The van der Waals surface area contributed by atoms with Crippen LogP contribution in [-0.2, 0) is 11.3 Å². The topological polar surface area (TPSA) is 62.7 Å². The number of para-hydroxylation sites is 2. The Bertz CT molecular complexity index is 815. The molecule has 0 radical (unpaired) electrons. The number of imidazole rings is 1. The maximum Gasteiger partial charge on any atom is 0.240 e. The average Bonchev–Trinajstić information content (AvgIpc) is 3.17. The van der Waals surface area contributed by atoms with Crippen LogP contribution in [0.4, 0.5) is 0 Å². The van der Waals surface area contributed by atoms with Crippen LogP contribution in [0.3, 0.4) is 0 Å². The number of carbonyl (C=O) groups excluding carboxylic acids is 1. The second kappa shape index (κ2) is 7.78. The second-order valence-electron chi connectivity index (χ2n) is 6.24. The summed E-state index contributed by atoms with van der Waals surface area (Å²) in [6.07, 6.45) is 2.92. The molecule has 25 heavy (non-hydrogen) atoms. The van der Waals surface area contributed by atoms with Crippen LogP contribution in [0.25, 0.3) is 11.0 Å². The van der Waals surface area contributed by atoms with Crippen molar-refractivity contribution in [1.82, 2.24) is 19.9 Å². The van der Waals surface area contributed by atoms with E-state index in [0.29, 0.717) is 6.54 Å². The van der Waals surface area contributed by atoms with Crippen molar-refractivity contribution >= 4 is 28.7 Å². The summed E-state index contributed by atoms with van der Waals surface area (Å²) in [7, 11) is 0. The van der Waals surface area contributed by atoms with Gasteiger partial charge in [0.15, 0.2) is 0 Å². The normalized spacial score (nSPS) is 12.4. The van der Waals surface area contributed by atoms with Gasteiger partial charge in [-0.3, -0.25) is 4.79 Å². The van der Waals surface area contributed by atoms with Gasteiger partial charge in [-0.2, -0.15) is 11.8 Å². The minimum absolute atomic E-state index is 0.00830. The molecule has 0 aliphatic heterocycles. The van der Waals surface area contributed by atoms with Gasteiger partial charge in [0, 0.05) is 11.4 Å². The van der Waals surface area contributed by atoms with Gasteiger partial charge in [-0.25, -0.2) is 4.98 Å². The highest BCUT2D eigenvalue weighted by atomic mass is 32.2. The van der Waals surface area contributed by atoms with Crippen LogP contribution >= 0.6 is 11.8 Å². The SMILES string of the molecule is CSCC[C@@H](NC(=O)Cn1c(C)ccc1C)c1nc2ccccc2[nH]1. The quantitative estimate of drug-likeness (QED) is 0.680. The van der Waals surface area contributed by atoms with E-state index in [-0.39, 0.29) is 11.9 Å². The Balaban J connectivity index is 1.77. The summed E-state index contributed by atoms with van der Waals surface area (Å²) in [5.41, 5.74) is 4.12. The molecule has 0 fully saturated rings. The monoisotopic (exact) mass is 356 g/mol. The van der Waals surface area contributed by atoms with E-state index in [1.807, 2.05) is 54.8 Å². The summed E-state index contributed by atoms with van der Waals surface area (Å²) in [6, 6.07) is 11.9. The lowest BCUT2D eigenvalue weighted by Crippen LogP contribution is -2.33. The number of aromatic nitrogens is 3. The zero-order valence-corrected chi connectivity index (χ0v) is 15.7. The highest BCUT2D eigenvalue weighted by Crippen LogP contribution is 2.20. The highest BCUT2D eigenvalue weighted by molar-refractivity contribution is 7.98. The number of hydrogen-bond donors (Lipinski definition) is 2. The van der Waals surface area contributed by atoms with Crippen molar-refractivity contribution < 1.29 is 4.79 Å². The number of nitrogens with one attached hydrogen (secondary N) is 2. The van der Waals surface area contributed by atoms with Gasteiger partial charge in [0.1, 0.15) is 12.4 Å². The smallest absolute Gasteiger partial charge is 0.240 e. The number of rotatable bonds is 7. The Morgan fingerprint density at radius 2 is 1.96 bits per heavy atom. The molecule has 1 aromatic carbocycles. The first-order valence-electron chi connectivity index (χ1n) is 8.44. The summed E-state index contributed by atoms with van der Waals surface area (Å²) in [5.74, 6) is 1.79. The second-order valence-corrected chi connectivity index (χ2v) is 7.23. The third kappa shape index (κ3) is 4.07. The van der Waals surface area contributed by atoms with E-state index in [4.69, 9.17) is 0 Å². The number of nitrogens with zero attached hydrogens (tertiary/aromatic N) is 2. The molecule has 0 spiro atoms. The van der Waals surface area contributed by atoms with Gasteiger partial charge in [0.05, 0.1) is 17.1 Å². The fourth-order valence-corrected chi connectivity index (χ4v) is 3.45. The molecule has 3 aromatic rings. The number of H-pyrrole nitrogens is 1. The molecule has 6 heteroatoms. The first kappa shape index (κ1) is 17.6. The lowest BCUT2D eigenvalue weighted by atomic mass is 10.2. The van der Waals surface area contributed by atoms with E-state index in [0.717, 1.165) is 40.4 Å². The molecule has 1 atom stereocenters. The summed E-state index contributed by atoms with van der Waals surface area (Å²) < 4.78 is 2.03. The summed E-state index contributed by atoms with van der Waals surface area (Å²) in [5, 5.41) is 3.15. The van der Waals surface area contributed by atoms with Gasteiger partial charge < -0.3 is 14.9 Å². The van der Waals surface area contributed by atoms with Crippen LogP contribution in [-0.4, -0.2) is 32.5 Å². The van der Waals surface area contributed by atoms with Gasteiger partial charge in [-0.1, -0.05) is 12.1 Å². The number of benzene rings is 1. The summed E-state index contributed by atoms with van der Waals surface area (Å²) in [6.45, 7) is 4.37. The molecule has 3 rings (SSSR count). The van der Waals surface area contributed by atoms with Gasteiger partial charge in [-0.15, -0.1) is 0 Å². The maximum atomic E-state index is 12.6. The zero-order chi connectivity index (χ0) is 17.8. The van der Waals surface area contributed by atoms with E-state index < -0.39 is 0 Å². The van der Waals surface area contributed by atoms with Crippen LogP contribution in [0.15, 0.2) is 36.4 Å². The number of fused-ring (bicyclic) bond motifs is 1. The third-order valence-electron chi connectivity index (χ3n) is 4.40. The lowest BCUT2D eigenvalue weighted by Gasteiger charge is -2.17. The number of aromatic amines is 1. The van der Waals surface area contributed by atoms with Gasteiger partial charge in [-0.05, 0) is 56.5 Å². The van der Waals surface area contributed by atoms with Crippen molar-refractivity contribution in [1.29, 1.82) is 0 Å². The Morgan fingerprint density at radius 1 is 1.24 bits per heavy atom. The van der Waals surface area contributed by atoms with Gasteiger partial charge in [0.25, 0.3) is 0 Å². The molecule has 1 amide bonds. The largest absolute Gasteiger partial charge is 0.345 e. The van der Waals surface area contributed by atoms with E-state index in [1.54, 1.807) is 11.8 Å². The number of amides is 1. The van der Waals surface area contributed by atoms with Crippen LogP contribution in [0.5, 0.6) is 0 Å². The van der Waals surface area contributed by atoms with E-state index in [1.165, 1.54) is 0 Å². The fraction of sp³-hybridized carbons (Fsp3) is 0.368. The standard InChI is InChI=1S/C19H24N4OS/c1-13-8-9-14(2)23(13)12-18(24)20-17(10-11-25-3)19-21-15-6-4-5-7-16(15)22-19/h4-9,17H,10-12H2,1-3H3,(H,20,24)(H,21,22)/t17-/m1/s1. The van der Waals surface area contributed by atoms with Crippen molar-refractivity contribution in [2.45, 2.75) is 32.9 Å². The first-order valence-corrected chi connectivity index (χ1v) is 9.83. The minimum atomic E-state index is -0.108. The molecule has 2 aromatic heterocycles. The number of hydrogen-bond acceptors (Lipinski definition) is 3. The molecule has 0 saturated carbocycles. The molecule has 0 saturated heterocycles. The highest BCUT2D eigenvalue weighted by Gasteiger charge is 2.19. The molecule has 0 aliphatic carbocycles. The predicted molar refractivity (Wildman–Crippen MR) is 104 cm³/mol. The molecule has 0 unspecified atom stereocenters. The molecule has 2 N–H and O–H groups in total. The van der Waals surface area contributed by atoms with Crippen molar-refractivity contribution in [2.75, 3.05) is 12.0 Å². The summed E-state index contributed by atoms with van der Waals surface area (Å²) >= 11 is 1.77. The number of aryl methyl sites for hydroxylation is 2. The molecule has 5 nitrogen and oxygen atoms in total. The number of carbonyl (C=O) groups is 1. The fourth-order valence-electron chi connectivity index (χ4n) is 2.98. The lowest BCUT2D eigenvalue weighted by molar-refractivity contribution is -0.122. The van der Waals surface area contributed by atoms with Crippen LogP contribution in [0.2, 0.25) is 0 Å². The third-order valence-corrected chi connectivity index (χ3v) is 5.05. The predicted octanol–water partition coefficient (Wildman–Crippen LogP) is 3.59. The maximum absolute atomic E-state index is 12.6. The molecular weight excluding hydrogens is 332 g/mol. The molecule has 0 aliphatic rings. The molecule has 132 valence electrons. The number of thioether (sulfide) groups is 1. The van der Waals surface area contributed by atoms with Crippen molar-refractivity contribution in [3.63, 3.8) is 0 Å². The molecule has 2 heterocycles. The molecule has 0 bridgehead atoms. The molecular formula is C19H24N4OS. The minimum Gasteiger partial charge on any atom is -0.345 e. The van der Waals surface area contributed by atoms with E-state index in [9.17, 15) is 4.79 Å². The van der Waals surface area contributed by atoms with Crippen molar-refractivity contribution in [3.05, 3.63) is 53.6 Å². The van der Waals surface area contributed by atoms with E-state index >= 15 is 0 Å². The average molecular weight is 356 g/mol. The Labute approximate surface area is 152 Å². The van der Waals surface area contributed by atoms with Crippen molar-refractivity contribution in [3.8, 4) is 0 Å². The van der Waals surface area contributed by atoms with Crippen LogP contribution < -0.4 is 5.32 Å². The van der Waals surface area contributed by atoms with Crippen molar-refractivity contribution in [2.24, 2.45) is 0 Å².